The summed E-state index contributed by atoms with van der Waals surface area (Å²) in [5, 5.41) is 9.85. The van der Waals surface area contributed by atoms with E-state index in [2.05, 4.69) is 14.6 Å². The van der Waals surface area contributed by atoms with Gasteiger partial charge in [0, 0.05) is 19.6 Å². The van der Waals surface area contributed by atoms with Crippen molar-refractivity contribution in [2.75, 3.05) is 49.0 Å². The summed E-state index contributed by atoms with van der Waals surface area (Å²) in [4.78, 5) is 21.0. The van der Waals surface area contributed by atoms with Crippen molar-refractivity contribution < 1.29 is 23.1 Å². The fourth-order valence-corrected chi connectivity index (χ4v) is 5.79. The topological polar surface area (TPSA) is 112 Å². The van der Waals surface area contributed by atoms with Gasteiger partial charge < -0.3 is 19.6 Å². The van der Waals surface area contributed by atoms with E-state index in [0.29, 0.717) is 24.1 Å². The molecule has 0 amide bonds. The predicted molar refractivity (Wildman–Crippen MR) is 130 cm³/mol. The highest BCUT2D eigenvalue weighted by atomic mass is 32.2. The van der Waals surface area contributed by atoms with E-state index in [4.69, 9.17) is 4.74 Å². The molecule has 34 heavy (non-hydrogen) atoms. The van der Waals surface area contributed by atoms with Crippen molar-refractivity contribution in [3.63, 3.8) is 0 Å². The van der Waals surface area contributed by atoms with Gasteiger partial charge in [-0.25, -0.2) is 18.2 Å². The number of pyridine rings is 1. The minimum atomic E-state index is -3.91. The molecule has 0 aliphatic carbocycles. The summed E-state index contributed by atoms with van der Waals surface area (Å²) in [5.74, 6) is 0.298. The zero-order valence-electron chi connectivity index (χ0n) is 19.4. The van der Waals surface area contributed by atoms with Crippen LogP contribution in [0.15, 0.2) is 41.4 Å². The molecule has 10 heteroatoms. The van der Waals surface area contributed by atoms with E-state index in [0.717, 1.165) is 45.6 Å². The smallest absolute Gasteiger partial charge is 0.339 e. The van der Waals surface area contributed by atoms with Crippen LogP contribution in [0.4, 0.5) is 11.5 Å². The first-order chi connectivity index (χ1) is 16.4. The van der Waals surface area contributed by atoms with Crippen LogP contribution >= 0.6 is 0 Å². The average Bonchev–Trinajstić information content (AvgIpc) is 3.32. The monoisotopic (exact) mass is 488 g/mol. The summed E-state index contributed by atoms with van der Waals surface area (Å²) < 4.78 is 33.4. The second kappa shape index (κ2) is 10.6. The molecule has 1 atom stereocenters. The average molecular weight is 489 g/mol. The van der Waals surface area contributed by atoms with Gasteiger partial charge >= 0.3 is 5.97 Å². The van der Waals surface area contributed by atoms with Gasteiger partial charge in [-0.3, -0.25) is 4.72 Å². The van der Waals surface area contributed by atoms with Crippen LogP contribution in [-0.2, 0) is 10.0 Å². The van der Waals surface area contributed by atoms with Gasteiger partial charge in [0.2, 0.25) is 0 Å². The minimum Gasteiger partial charge on any atom is -0.494 e. The Labute approximate surface area is 200 Å². The Hall–Kier alpha value is -2.85. The van der Waals surface area contributed by atoms with E-state index in [9.17, 15) is 18.3 Å². The van der Waals surface area contributed by atoms with E-state index in [1.807, 2.05) is 11.8 Å². The number of benzene rings is 1. The van der Waals surface area contributed by atoms with Crippen LogP contribution in [0.2, 0.25) is 0 Å². The number of hydrogen-bond acceptors (Lipinski definition) is 7. The van der Waals surface area contributed by atoms with E-state index in [1.54, 1.807) is 12.1 Å². The van der Waals surface area contributed by atoms with Crippen LogP contribution in [0.5, 0.6) is 5.75 Å². The van der Waals surface area contributed by atoms with E-state index < -0.39 is 16.0 Å². The normalized spacial score (nSPS) is 19.2. The number of aromatic carboxylic acids is 1. The number of ether oxygens (including phenoxy) is 1. The lowest BCUT2D eigenvalue weighted by Gasteiger charge is -2.36. The molecular formula is C24H32N4O5S. The molecule has 9 nitrogen and oxygen atoms in total. The number of carboxylic acids is 1. The van der Waals surface area contributed by atoms with Crippen molar-refractivity contribution in [2.45, 2.75) is 37.5 Å². The summed E-state index contributed by atoms with van der Waals surface area (Å²) in [6, 6.07) is 7.40. The van der Waals surface area contributed by atoms with Gasteiger partial charge in [0.25, 0.3) is 10.0 Å². The summed E-state index contributed by atoms with van der Waals surface area (Å²) in [7, 11) is -3.91. The molecule has 0 saturated carbocycles. The highest BCUT2D eigenvalue weighted by Crippen LogP contribution is 2.28. The standard InChI is InChI=1S/C24H32N4O5S/c1-2-33-20-7-9-21(10-8-20)34(31,32)26-19-14-22(24(29)30)23(25-15-19)28-13-5-6-18(17-28)16-27-11-3-4-12-27/h7-10,14-15,18,26H,2-6,11-13,16-17H2,1H3,(H,29,30). The van der Waals surface area contributed by atoms with E-state index in [-0.39, 0.29) is 16.1 Å². The molecule has 184 valence electrons. The first-order valence-electron chi connectivity index (χ1n) is 11.8. The van der Waals surface area contributed by atoms with Crippen LogP contribution in [-0.4, -0.2) is 68.7 Å². The molecular weight excluding hydrogens is 456 g/mol. The highest BCUT2D eigenvalue weighted by molar-refractivity contribution is 7.92. The van der Waals surface area contributed by atoms with Crippen LogP contribution in [0.25, 0.3) is 0 Å². The van der Waals surface area contributed by atoms with Crippen molar-refractivity contribution in [1.82, 2.24) is 9.88 Å². The SMILES string of the molecule is CCOc1ccc(S(=O)(=O)Nc2cnc(N3CCCC(CN4CCCC4)C3)c(C(=O)O)c2)cc1. The number of rotatable bonds is 9. The zero-order valence-corrected chi connectivity index (χ0v) is 20.3. The van der Waals surface area contributed by atoms with Crippen molar-refractivity contribution in [3.05, 3.63) is 42.1 Å². The summed E-state index contributed by atoms with van der Waals surface area (Å²) in [6.45, 7) is 7.12. The first kappa shape index (κ1) is 24.3. The number of piperidine rings is 1. The predicted octanol–water partition coefficient (Wildman–Crippen LogP) is 3.29. The fourth-order valence-electron chi connectivity index (χ4n) is 4.76. The van der Waals surface area contributed by atoms with Gasteiger partial charge in [0.15, 0.2) is 0 Å². The lowest BCUT2D eigenvalue weighted by atomic mass is 9.97. The Balaban J connectivity index is 1.50. The van der Waals surface area contributed by atoms with Crippen LogP contribution in [0, 0.1) is 5.92 Å². The number of carboxylic acid groups (broad SMARTS) is 1. The maximum Gasteiger partial charge on any atom is 0.339 e. The first-order valence-corrected chi connectivity index (χ1v) is 13.3. The van der Waals surface area contributed by atoms with Crippen molar-refractivity contribution in [2.24, 2.45) is 5.92 Å². The third-order valence-electron chi connectivity index (χ3n) is 6.33. The molecule has 2 aromatic rings. The molecule has 3 heterocycles. The summed E-state index contributed by atoms with van der Waals surface area (Å²) in [5.41, 5.74) is 0.106. The number of sulfonamides is 1. The van der Waals surface area contributed by atoms with Gasteiger partial charge in [0.05, 0.1) is 23.4 Å². The quantitative estimate of drug-likeness (QED) is 0.553. The lowest BCUT2D eigenvalue weighted by molar-refractivity contribution is 0.0697. The van der Waals surface area contributed by atoms with Gasteiger partial charge in [-0.1, -0.05) is 0 Å². The molecule has 2 fully saturated rings. The molecule has 4 rings (SSSR count). The highest BCUT2D eigenvalue weighted by Gasteiger charge is 2.27. The Kier molecular flexibility index (Phi) is 7.57. The number of carbonyl (C=O) groups is 1. The van der Waals surface area contributed by atoms with Gasteiger partial charge in [-0.05, 0) is 81.9 Å². The molecule has 1 unspecified atom stereocenters. The summed E-state index contributed by atoms with van der Waals surface area (Å²) >= 11 is 0. The molecule has 2 saturated heterocycles. The van der Waals surface area contributed by atoms with Gasteiger partial charge in [-0.2, -0.15) is 0 Å². The Bertz CT molecular complexity index is 1100. The van der Waals surface area contributed by atoms with E-state index >= 15 is 0 Å². The number of anilines is 2. The molecule has 2 N–H and O–H groups in total. The molecule has 1 aromatic carbocycles. The van der Waals surface area contributed by atoms with Gasteiger partial charge in [0.1, 0.15) is 17.1 Å². The van der Waals surface area contributed by atoms with Crippen LogP contribution in [0.3, 0.4) is 0 Å². The molecule has 2 aliphatic rings. The Morgan fingerprint density at radius 1 is 1.18 bits per heavy atom. The lowest BCUT2D eigenvalue weighted by Crippen LogP contribution is -2.41. The maximum atomic E-state index is 12.8. The van der Waals surface area contributed by atoms with Crippen LogP contribution < -0.4 is 14.4 Å². The second-order valence-corrected chi connectivity index (χ2v) is 10.6. The number of aromatic nitrogens is 1. The van der Waals surface area contributed by atoms with Gasteiger partial charge in [-0.15, -0.1) is 0 Å². The second-order valence-electron chi connectivity index (χ2n) is 8.87. The van der Waals surface area contributed by atoms with Crippen LogP contribution in [0.1, 0.15) is 43.0 Å². The molecule has 0 bridgehead atoms. The number of nitrogens with one attached hydrogen (secondary N) is 1. The maximum absolute atomic E-state index is 12.8. The third kappa shape index (κ3) is 5.79. The molecule has 0 radical (unpaired) electrons. The van der Waals surface area contributed by atoms with E-state index in [1.165, 1.54) is 37.2 Å². The Morgan fingerprint density at radius 3 is 2.59 bits per heavy atom. The number of hydrogen-bond donors (Lipinski definition) is 2. The third-order valence-corrected chi connectivity index (χ3v) is 7.73. The van der Waals surface area contributed by atoms with Crippen molar-refractivity contribution >= 4 is 27.5 Å². The molecule has 2 aliphatic heterocycles. The number of nitrogens with zero attached hydrogens (tertiary/aromatic N) is 3. The zero-order chi connectivity index (χ0) is 24.1. The Morgan fingerprint density at radius 2 is 1.91 bits per heavy atom. The largest absolute Gasteiger partial charge is 0.494 e. The van der Waals surface area contributed by atoms with Crippen molar-refractivity contribution in [3.8, 4) is 5.75 Å². The summed E-state index contributed by atoms with van der Waals surface area (Å²) in [6.07, 6.45) is 5.98. The number of likely N-dealkylation sites (tertiary alicyclic amines) is 1. The molecule has 1 aromatic heterocycles. The minimum absolute atomic E-state index is 0.00582. The van der Waals surface area contributed by atoms with Crippen molar-refractivity contribution in [1.29, 1.82) is 0 Å². The fraction of sp³-hybridized carbons (Fsp3) is 0.500. The molecule has 0 spiro atoms.